The van der Waals surface area contributed by atoms with Gasteiger partial charge in [0.25, 0.3) is 5.91 Å². The normalized spacial score (nSPS) is 20.5. The summed E-state index contributed by atoms with van der Waals surface area (Å²) in [5.41, 5.74) is -0.314. The number of hydrogen-bond acceptors (Lipinski definition) is 3. The second-order valence-corrected chi connectivity index (χ2v) is 5.65. The number of amides is 4. The van der Waals surface area contributed by atoms with E-state index in [9.17, 15) is 14.4 Å². The molecule has 1 aromatic carbocycles. The molecule has 124 valence electrons. The third-order valence-corrected chi connectivity index (χ3v) is 4.02. The predicted molar refractivity (Wildman–Crippen MR) is 86.6 cm³/mol. The van der Waals surface area contributed by atoms with Crippen LogP contribution < -0.4 is 10.6 Å². The molecule has 1 aliphatic heterocycles. The van der Waals surface area contributed by atoms with Gasteiger partial charge in [-0.1, -0.05) is 50.1 Å². The SMILES string of the molecule is CCCC[C@]1(c2ccccc2)NC(=O)N(CC(=O)NCC)C1=O. The number of likely N-dealkylation sites (N-methyl/N-ethyl adjacent to an activating group) is 1. The maximum atomic E-state index is 12.9. The number of nitrogens with one attached hydrogen (secondary N) is 2. The van der Waals surface area contributed by atoms with Crippen molar-refractivity contribution in [2.75, 3.05) is 13.1 Å². The molecule has 0 saturated carbocycles. The van der Waals surface area contributed by atoms with Gasteiger partial charge in [0.15, 0.2) is 0 Å². The van der Waals surface area contributed by atoms with Gasteiger partial charge in [-0.15, -0.1) is 0 Å². The second kappa shape index (κ2) is 7.26. The van der Waals surface area contributed by atoms with Crippen LogP contribution >= 0.6 is 0 Å². The van der Waals surface area contributed by atoms with E-state index in [1.807, 2.05) is 37.3 Å². The first kappa shape index (κ1) is 17.0. The van der Waals surface area contributed by atoms with Gasteiger partial charge in [0.1, 0.15) is 12.1 Å². The van der Waals surface area contributed by atoms with Crippen LogP contribution in [0.3, 0.4) is 0 Å². The van der Waals surface area contributed by atoms with Crippen molar-refractivity contribution in [2.45, 2.75) is 38.6 Å². The highest BCUT2D eigenvalue weighted by molar-refractivity contribution is 6.09. The van der Waals surface area contributed by atoms with Crippen LogP contribution in [0.1, 0.15) is 38.7 Å². The summed E-state index contributed by atoms with van der Waals surface area (Å²) in [6, 6.07) is 8.71. The fraction of sp³-hybridized carbons (Fsp3) is 0.471. The summed E-state index contributed by atoms with van der Waals surface area (Å²) < 4.78 is 0. The van der Waals surface area contributed by atoms with E-state index in [2.05, 4.69) is 10.6 Å². The predicted octanol–water partition coefficient (Wildman–Crippen LogP) is 1.76. The molecule has 6 heteroatoms. The lowest BCUT2D eigenvalue weighted by atomic mass is 9.85. The van der Waals surface area contributed by atoms with Gasteiger partial charge in [-0.05, 0) is 18.9 Å². The third-order valence-electron chi connectivity index (χ3n) is 4.02. The van der Waals surface area contributed by atoms with E-state index in [1.165, 1.54) is 0 Å². The molecule has 2 N–H and O–H groups in total. The van der Waals surface area contributed by atoms with Crippen LogP contribution in [0.4, 0.5) is 4.79 Å². The topological polar surface area (TPSA) is 78.5 Å². The van der Waals surface area contributed by atoms with Crippen LogP contribution in [0.5, 0.6) is 0 Å². The number of nitrogens with zero attached hydrogens (tertiary/aromatic N) is 1. The summed E-state index contributed by atoms with van der Waals surface area (Å²) >= 11 is 0. The monoisotopic (exact) mass is 317 g/mol. The largest absolute Gasteiger partial charge is 0.355 e. The van der Waals surface area contributed by atoms with E-state index >= 15 is 0 Å². The molecule has 1 aliphatic rings. The standard InChI is InChI=1S/C17H23N3O3/c1-3-5-11-17(13-9-7-6-8-10-13)15(22)20(16(23)19-17)12-14(21)18-4-2/h6-10H,3-5,11-12H2,1-2H3,(H,18,21)(H,19,23)/t17-/m1/s1. The number of hydrogen-bond donors (Lipinski definition) is 2. The maximum absolute atomic E-state index is 12.9. The third kappa shape index (κ3) is 3.36. The number of urea groups is 1. The van der Waals surface area contributed by atoms with Crippen molar-refractivity contribution in [3.63, 3.8) is 0 Å². The zero-order chi connectivity index (χ0) is 16.9. The molecule has 1 aromatic rings. The van der Waals surface area contributed by atoms with Gasteiger partial charge in [0, 0.05) is 6.54 Å². The van der Waals surface area contributed by atoms with Crippen LogP contribution in [0.2, 0.25) is 0 Å². The molecule has 0 aromatic heterocycles. The Balaban J connectivity index is 2.31. The second-order valence-electron chi connectivity index (χ2n) is 5.65. The summed E-state index contributed by atoms with van der Waals surface area (Å²) in [7, 11) is 0. The van der Waals surface area contributed by atoms with E-state index in [1.54, 1.807) is 6.92 Å². The summed E-state index contributed by atoms with van der Waals surface area (Å²) in [4.78, 5) is 38.0. The Bertz CT molecular complexity index is 588. The van der Waals surface area contributed by atoms with Crippen LogP contribution in [0.15, 0.2) is 30.3 Å². The minimum Gasteiger partial charge on any atom is -0.355 e. The molecule has 0 radical (unpaired) electrons. The van der Waals surface area contributed by atoms with Crippen molar-refractivity contribution in [1.82, 2.24) is 15.5 Å². The number of carbonyl (C=O) groups excluding carboxylic acids is 3. The Morgan fingerprint density at radius 2 is 1.91 bits per heavy atom. The molecular weight excluding hydrogens is 294 g/mol. The quantitative estimate of drug-likeness (QED) is 0.752. The molecule has 0 spiro atoms. The molecule has 1 fully saturated rings. The highest BCUT2D eigenvalue weighted by Crippen LogP contribution is 2.33. The zero-order valence-electron chi connectivity index (χ0n) is 13.6. The molecule has 2 rings (SSSR count). The average molecular weight is 317 g/mol. The highest BCUT2D eigenvalue weighted by Gasteiger charge is 2.52. The number of unbranched alkanes of at least 4 members (excludes halogenated alkanes) is 1. The summed E-state index contributed by atoms with van der Waals surface area (Å²) in [5, 5.41) is 5.43. The maximum Gasteiger partial charge on any atom is 0.325 e. The Morgan fingerprint density at radius 1 is 1.22 bits per heavy atom. The van der Waals surface area contributed by atoms with Gasteiger partial charge in [0.05, 0.1) is 0 Å². The van der Waals surface area contributed by atoms with Crippen LogP contribution in [-0.4, -0.2) is 35.8 Å². The molecule has 1 saturated heterocycles. The van der Waals surface area contributed by atoms with Crippen LogP contribution in [-0.2, 0) is 15.1 Å². The lowest BCUT2D eigenvalue weighted by Gasteiger charge is -2.27. The first-order valence-corrected chi connectivity index (χ1v) is 8.01. The summed E-state index contributed by atoms with van der Waals surface area (Å²) in [5.74, 6) is -0.691. The molecule has 23 heavy (non-hydrogen) atoms. The molecule has 1 heterocycles. The van der Waals surface area contributed by atoms with Gasteiger partial charge >= 0.3 is 6.03 Å². The van der Waals surface area contributed by atoms with E-state index in [-0.39, 0.29) is 18.4 Å². The van der Waals surface area contributed by atoms with E-state index in [0.717, 1.165) is 23.3 Å². The Labute approximate surface area is 136 Å². The molecule has 1 atom stereocenters. The average Bonchev–Trinajstić information content (AvgIpc) is 2.79. The van der Waals surface area contributed by atoms with Crippen LogP contribution in [0, 0.1) is 0 Å². The van der Waals surface area contributed by atoms with Gasteiger partial charge in [-0.2, -0.15) is 0 Å². The van der Waals surface area contributed by atoms with Gasteiger partial charge < -0.3 is 10.6 Å². The van der Waals surface area contributed by atoms with E-state index < -0.39 is 11.6 Å². The van der Waals surface area contributed by atoms with Crippen molar-refractivity contribution < 1.29 is 14.4 Å². The number of rotatable bonds is 7. The number of imide groups is 1. The molecule has 0 aliphatic carbocycles. The summed E-state index contributed by atoms with van der Waals surface area (Å²) in [6.45, 7) is 4.03. The Morgan fingerprint density at radius 3 is 2.52 bits per heavy atom. The van der Waals surface area contributed by atoms with Crippen molar-refractivity contribution in [3.05, 3.63) is 35.9 Å². The number of benzene rings is 1. The fourth-order valence-corrected chi connectivity index (χ4v) is 2.84. The van der Waals surface area contributed by atoms with Crippen molar-refractivity contribution in [3.8, 4) is 0 Å². The van der Waals surface area contributed by atoms with Crippen LogP contribution in [0.25, 0.3) is 0 Å². The minimum atomic E-state index is -1.07. The Hall–Kier alpha value is -2.37. The molecule has 0 bridgehead atoms. The molecule has 4 amide bonds. The van der Waals surface area contributed by atoms with Gasteiger partial charge in [0.2, 0.25) is 5.91 Å². The van der Waals surface area contributed by atoms with Crippen molar-refractivity contribution >= 4 is 17.8 Å². The first-order chi connectivity index (χ1) is 11.0. The van der Waals surface area contributed by atoms with Gasteiger partial charge in [-0.3, -0.25) is 14.5 Å². The molecular formula is C17H23N3O3. The summed E-state index contributed by atoms with van der Waals surface area (Å²) in [6.07, 6.45) is 2.23. The molecule has 0 unspecified atom stereocenters. The number of carbonyl (C=O) groups is 3. The smallest absolute Gasteiger partial charge is 0.325 e. The van der Waals surface area contributed by atoms with Gasteiger partial charge in [-0.25, -0.2) is 4.79 Å². The molecule has 6 nitrogen and oxygen atoms in total. The Kier molecular flexibility index (Phi) is 5.36. The van der Waals surface area contributed by atoms with Crippen molar-refractivity contribution in [2.24, 2.45) is 0 Å². The first-order valence-electron chi connectivity index (χ1n) is 8.01. The van der Waals surface area contributed by atoms with Crippen molar-refractivity contribution in [1.29, 1.82) is 0 Å². The minimum absolute atomic E-state index is 0.251. The fourth-order valence-electron chi connectivity index (χ4n) is 2.84. The lowest BCUT2D eigenvalue weighted by Crippen LogP contribution is -2.45. The van der Waals surface area contributed by atoms with E-state index in [0.29, 0.717) is 13.0 Å². The zero-order valence-corrected chi connectivity index (χ0v) is 13.6. The van der Waals surface area contributed by atoms with E-state index in [4.69, 9.17) is 0 Å². The highest BCUT2D eigenvalue weighted by atomic mass is 16.2. The lowest BCUT2D eigenvalue weighted by molar-refractivity contribution is -0.135.